The molecular formula is C10H11ClN2O3. The lowest BCUT2D eigenvalue weighted by molar-refractivity contribution is 0.0505. The Morgan fingerprint density at radius 2 is 2.38 bits per heavy atom. The van der Waals surface area contributed by atoms with Gasteiger partial charge in [0.25, 0.3) is 0 Å². The van der Waals surface area contributed by atoms with Gasteiger partial charge in [-0.3, -0.25) is 0 Å². The Kier molecular flexibility index (Phi) is 3.36. The first-order valence-electron chi connectivity index (χ1n) is 5.02. The summed E-state index contributed by atoms with van der Waals surface area (Å²) < 4.78 is 10.2. The van der Waals surface area contributed by atoms with Gasteiger partial charge in [0.2, 0.25) is 5.28 Å². The molecule has 2 rings (SSSR count). The van der Waals surface area contributed by atoms with Crippen LogP contribution in [0.2, 0.25) is 5.28 Å². The van der Waals surface area contributed by atoms with Gasteiger partial charge in [-0.2, -0.15) is 0 Å². The van der Waals surface area contributed by atoms with Crippen molar-refractivity contribution in [2.24, 2.45) is 0 Å². The molecule has 1 aromatic heterocycles. The molecule has 0 spiro atoms. The largest absolute Gasteiger partial charge is 0.461 e. The van der Waals surface area contributed by atoms with Crippen LogP contribution in [-0.2, 0) is 22.5 Å². The van der Waals surface area contributed by atoms with Crippen LogP contribution in [0.25, 0.3) is 0 Å². The van der Waals surface area contributed by atoms with Crippen LogP contribution in [0.3, 0.4) is 0 Å². The van der Waals surface area contributed by atoms with Crippen molar-refractivity contribution in [1.29, 1.82) is 0 Å². The number of hydrogen-bond acceptors (Lipinski definition) is 5. The van der Waals surface area contributed by atoms with E-state index in [0.717, 1.165) is 5.69 Å². The fourth-order valence-corrected chi connectivity index (χ4v) is 1.76. The average molecular weight is 243 g/mol. The highest BCUT2D eigenvalue weighted by atomic mass is 35.5. The number of aromatic nitrogens is 2. The summed E-state index contributed by atoms with van der Waals surface area (Å²) in [7, 11) is 0. The number of nitrogens with zero attached hydrogens (tertiary/aromatic N) is 2. The van der Waals surface area contributed by atoms with Crippen molar-refractivity contribution < 1.29 is 14.3 Å². The zero-order valence-electron chi connectivity index (χ0n) is 8.83. The van der Waals surface area contributed by atoms with Gasteiger partial charge in [-0.15, -0.1) is 0 Å². The standard InChI is InChI=1S/C10H11ClN2O3/c1-2-16-9(14)8-6-5-15-4-3-7(6)12-10(11)13-8/h2-5H2,1H3. The maximum Gasteiger partial charge on any atom is 0.357 e. The summed E-state index contributed by atoms with van der Waals surface area (Å²) >= 11 is 5.76. The van der Waals surface area contributed by atoms with Crippen LogP contribution in [0.15, 0.2) is 0 Å². The van der Waals surface area contributed by atoms with Crippen LogP contribution in [-0.4, -0.2) is 29.2 Å². The molecule has 0 fully saturated rings. The van der Waals surface area contributed by atoms with Crippen molar-refractivity contribution in [2.45, 2.75) is 20.0 Å². The van der Waals surface area contributed by atoms with Crippen molar-refractivity contribution in [3.63, 3.8) is 0 Å². The minimum Gasteiger partial charge on any atom is -0.461 e. The second-order valence-corrected chi connectivity index (χ2v) is 3.63. The first-order valence-corrected chi connectivity index (χ1v) is 5.40. The molecule has 0 N–H and O–H groups in total. The summed E-state index contributed by atoms with van der Waals surface area (Å²) in [4.78, 5) is 19.6. The molecule has 5 nitrogen and oxygen atoms in total. The Morgan fingerprint density at radius 1 is 1.56 bits per heavy atom. The number of hydrogen-bond donors (Lipinski definition) is 0. The molecule has 1 aliphatic heterocycles. The number of esters is 1. The fraction of sp³-hybridized carbons (Fsp3) is 0.500. The van der Waals surface area contributed by atoms with Crippen molar-refractivity contribution in [1.82, 2.24) is 9.97 Å². The predicted octanol–water partition coefficient (Wildman–Crippen LogP) is 1.38. The molecule has 2 heterocycles. The molecule has 16 heavy (non-hydrogen) atoms. The van der Waals surface area contributed by atoms with E-state index < -0.39 is 5.97 Å². The first kappa shape index (κ1) is 11.3. The molecule has 0 radical (unpaired) electrons. The van der Waals surface area contributed by atoms with E-state index in [1.807, 2.05) is 0 Å². The number of ether oxygens (including phenoxy) is 2. The van der Waals surface area contributed by atoms with Crippen LogP contribution in [0.5, 0.6) is 0 Å². The fourth-order valence-electron chi connectivity index (χ4n) is 1.57. The number of halogens is 1. The Morgan fingerprint density at radius 3 is 3.12 bits per heavy atom. The van der Waals surface area contributed by atoms with Crippen LogP contribution >= 0.6 is 11.6 Å². The van der Waals surface area contributed by atoms with Crippen molar-refractivity contribution >= 4 is 17.6 Å². The summed E-state index contributed by atoms with van der Waals surface area (Å²) in [6.07, 6.45) is 0.643. The van der Waals surface area contributed by atoms with Gasteiger partial charge in [0.1, 0.15) is 0 Å². The molecule has 0 saturated carbocycles. The molecular weight excluding hydrogens is 232 g/mol. The van der Waals surface area contributed by atoms with Crippen LogP contribution < -0.4 is 0 Å². The summed E-state index contributed by atoms with van der Waals surface area (Å²) in [5, 5.41) is 0.0729. The van der Waals surface area contributed by atoms with Crippen molar-refractivity contribution in [2.75, 3.05) is 13.2 Å². The summed E-state index contributed by atoms with van der Waals surface area (Å²) in [6.45, 7) is 2.96. The quantitative estimate of drug-likeness (QED) is 0.579. The summed E-state index contributed by atoms with van der Waals surface area (Å²) in [5.74, 6) is -0.478. The van der Waals surface area contributed by atoms with E-state index >= 15 is 0 Å². The Hall–Kier alpha value is -1.20. The number of rotatable bonds is 2. The van der Waals surface area contributed by atoms with E-state index in [2.05, 4.69) is 9.97 Å². The smallest absolute Gasteiger partial charge is 0.357 e. The topological polar surface area (TPSA) is 61.3 Å². The lowest BCUT2D eigenvalue weighted by Gasteiger charge is -2.17. The molecule has 0 saturated heterocycles. The summed E-state index contributed by atoms with van der Waals surface area (Å²) in [5.41, 5.74) is 1.68. The van der Waals surface area contributed by atoms with Crippen molar-refractivity contribution in [3.8, 4) is 0 Å². The highest BCUT2D eigenvalue weighted by Crippen LogP contribution is 2.20. The SMILES string of the molecule is CCOC(=O)c1nc(Cl)nc2c1COCC2. The monoisotopic (exact) mass is 242 g/mol. The zero-order chi connectivity index (χ0) is 11.5. The second kappa shape index (κ2) is 4.76. The van der Waals surface area contributed by atoms with Crippen LogP contribution in [0.4, 0.5) is 0 Å². The summed E-state index contributed by atoms with van der Waals surface area (Å²) in [6, 6.07) is 0. The van der Waals surface area contributed by atoms with E-state index in [0.29, 0.717) is 31.8 Å². The lowest BCUT2D eigenvalue weighted by atomic mass is 10.1. The van der Waals surface area contributed by atoms with Crippen LogP contribution in [0.1, 0.15) is 28.7 Å². The first-order chi connectivity index (χ1) is 7.72. The Bertz CT molecular complexity index is 423. The van der Waals surface area contributed by atoms with E-state index in [1.54, 1.807) is 6.92 Å². The third-order valence-corrected chi connectivity index (χ3v) is 2.43. The molecule has 0 aliphatic carbocycles. The highest BCUT2D eigenvalue weighted by Gasteiger charge is 2.22. The highest BCUT2D eigenvalue weighted by molar-refractivity contribution is 6.28. The minimum absolute atomic E-state index is 0.0729. The van der Waals surface area contributed by atoms with E-state index in [1.165, 1.54) is 0 Å². The van der Waals surface area contributed by atoms with Crippen LogP contribution in [0, 0.1) is 0 Å². The molecule has 86 valence electrons. The van der Waals surface area contributed by atoms with Gasteiger partial charge in [0.15, 0.2) is 5.69 Å². The molecule has 6 heteroatoms. The minimum atomic E-state index is -0.478. The van der Waals surface area contributed by atoms with Gasteiger partial charge < -0.3 is 9.47 Å². The Balaban J connectivity index is 2.43. The Labute approximate surface area is 97.7 Å². The number of fused-ring (bicyclic) bond motifs is 1. The molecule has 0 atom stereocenters. The number of carbonyl (C=O) groups is 1. The van der Waals surface area contributed by atoms with Gasteiger partial charge in [-0.1, -0.05) is 0 Å². The van der Waals surface area contributed by atoms with E-state index in [9.17, 15) is 4.79 Å². The van der Waals surface area contributed by atoms with E-state index in [4.69, 9.17) is 21.1 Å². The maximum absolute atomic E-state index is 11.6. The molecule has 0 unspecified atom stereocenters. The van der Waals surface area contributed by atoms with Gasteiger partial charge in [0, 0.05) is 12.0 Å². The molecule has 0 aromatic carbocycles. The molecule has 0 amide bonds. The lowest BCUT2D eigenvalue weighted by Crippen LogP contribution is -2.20. The normalized spacial score (nSPS) is 14.4. The maximum atomic E-state index is 11.6. The van der Waals surface area contributed by atoms with Gasteiger partial charge in [-0.25, -0.2) is 14.8 Å². The van der Waals surface area contributed by atoms with E-state index in [-0.39, 0.29) is 11.0 Å². The van der Waals surface area contributed by atoms with Crippen molar-refractivity contribution in [3.05, 3.63) is 22.2 Å². The van der Waals surface area contributed by atoms with Gasteiger partial charge in [-0.05, 0) is 18.5 Å². The molecule has 1 aromatic rings. The van der Waals surface area contributed by atoms with Gasteiger partial charge >= 0.3 is 5.97 Å². The predicted molar refractivity (Wildman–Crippen MR) is 56.4 cm³/mol. The number of carbonyl (C=O) groups excluding carboxylic acids is 1. The zero-order valence-corrected chi connectivity index (χ0v) is 9.58. The third kappa shape index (κ3) is 2.15. The molecule has 1 aliphatic rings. The van der Waals surface area contributed by atoms with Gasteiger partial charge in [0.05, 0.1) is 25.5 Å². The molecule has 0 bridgehead atoms. The second-order valence-electron chi connectivity index (χ2n) is 3.29. The average Bonchev–Trinajstić information content (AvgIpc) is 2.28. The third-order valence-electron chi connectivity index (χ3n) is 2.26.